The van der Waals surface area contributed by atoms with Crippen molar-refractivity contribution in [3.05, 3.63) is 35.9 Å². The van der Waals surface area contributed by atoms with Crippen LogP contribution in [0, 0.1) is 17.8 Å². The lowest BCUT2D eigenvalue weighted by atomic mass is 9.53. The summed E-state index contributed by atoms with van der Waals surface area (Å²) in [6.45, 7) is 2.03. The molecule has 1 unspecified atom stereocenters. The van der Waals surface area contributed by atoms with Gasteiger partial charge in [-0.3, -0.25) is 4.79 Å². The fourth-order valence-corrected chi connectivity index (χ4v) is 5.53. The number of rotatable bonds is 3. The highest BCUT2D eigenvalue weighted by Gasteiger charge is 2.51. The molecule has 0 aliphatic heterocycles. The number of hydrogen-bond donors (Lipinski definition) is 1. The van der Waals surface area contributed by atoms with E-state index in [0.29, 0.717) is 0 Å². The number of benzene rings is 1. The zero-order chi connectivity index (χ0) is 14.4. The Balaban J connectivity index is 1.49. The van der Waals surface area contributed by atoms with Crippen LogP contribution in [0.25, 0.3) is 0 Å². The van der Waals surface area contributed by atoms with Crippen molar-refractivity contribution >= 4 is 5.91 Å². The van der Waals surface area contributed by atoms with Crippen molar-refractivity contribution in [3.8, 4) is 0 Å². The number of carbonyl (C=O) groups excluding carboxylic acids is 1. The van der Waals surface area contributed by atoms with Crippen LogP contribution < -0.4 is 5.32 Å². The van der Waals surface area contributed by atoms with E-state index in [1.54, 1.807) is 0 Å². The summed E-state index contributed by atoms with van der Waals surface area (Å²) in [5, 5.41) is 3.48. The van der Waals surface area contributed by atoms with Crippen LogP contribution in [0.5, 0.6) is 0 Å². The van der Waals surface area contributed by atoms with Crippen LogP contribution in [-0.4, -0.2) is 11.4 Å². The van der Waals surface area contributed by atoms with Gasteiger partial charge in [-0.15, -0.1) is 0 Å². The van der Waals surface area contributed by atoms with Crippen molar-refractivity contribution < 1.29 is 4.79 Å². The van der Waals surface area contributed by atoms with Crippen LogP contribution in [-0.2, 0) is 4.79 Å². The molecule has 4 saturated carbocycles. The summed E-state index contributed by atoms with van der Waals surface area (Å²) < 4.78 is 0. The maximum absolute atomic E-state index is 12.7. The molecule has 112 valence electrons. The number of hydrogen-bond acceptors (Lipinski definition) is 1. The quantitative estimate of drug-likeness (QED) is 0.896. The Kier molecular flexibility index (Phi) is 3.09. The van der Waals surface area contributed by atoms with E-state index in [0.717, 1.165) is 23.3 Å². The Labute approximate surface area is 127 Å². The summed E-state index contributed by atoms with van der Waals surface area (Å²) in [6, 6.07) is 10.2. The predicted molar refractivity (Wildman–Crippen MR) is 83.9 cm³/mol. The molecule has 4 bridgehead atoms. The zero-order valence-electron chi connectivity index (χ0n) is 12.8. The Morgan fingerprint density at radius 2 is 1.57 bits per heavy atom. The number of nitrogens with one attached hydrogen (secondary N) is 1. The maximum Gasteiger partial charge on any atom is 0.227 e. The molecule has 0 saturated heterocycles. The van der Waals surface area contributed by atoms with E-state index in [1.165, 1.54) is 38.5 Å². The van der Waals surface area contributed by atoms with Crippen LogP contribution in [0.2, 0.25) is 0 Å². The monoisotopic (exact) mass is 283 g/mol. The minimum Gasteiger partial charge on any atom is -0.350 e. The van der Waals surface area contributed by atoms with Crippen LogP contribution in [0.3, 0.4) is 0 Å². The van der Waals surface area contributed by atoms with Crippen molar-refractivity contribution in [3.63, 3.8) is 0 Å². The fraction of sp³-hybridized carbons (Fsp3) is 0.632. The minimum absolute atomic E-state index is 0.0424. The molecule has 4 fully saturated rings. The van der Waals surface area contributed by atoms with E-state index in [2.05, 4.69) is 17.4 Å². The molecule has 0 heterocycles. The molecular weight excluding hydrogens is 258 g/mol. The van der Waals surface area contributed by atoms with Gasteiger partial charge in [-0.05, 0) is 68.8 Å². The van der Waals surface area contributed by atoms with Gasteiger partial charge < -0.3 is 5.32 Å². The summed E-state index contributed by atoms with van der Waals surface area (Å²) in [5.74, 6) is 2.82. The van der Waals surface area contributed by atoms with Gasteiger partial charge in [0.25, 0.3) is 0 Å². The van der Waals surface area contributed by atoms with E-state index >= 15 is 0 Å². The summed E-state index contributed by atoms with van der Waals surface area (Å²) in [5.41, 5.74) is 1.26. The number of amides is 1. The lowest BCUT2D eigenvalue weighted by molar-refractivity contribution is -0.128. The molecule has 1 atom stereocenters. The second-order valence-corrected chi connectivity index (χ2v) is 7.82. The Morgan fingerprint density at radius 1 is 1.05 bits per heavy atom. The molecule has 2 nitrogen and oxygen atoms in total. The second-order valence-electron chi connectivity index (χ2n) is 7.82. The van der Waals surface area contributed by atoms with E-state index in [9.17, 15) is 4.79 Å². The van der Waals surface area contributed by atoms with Crippen molar-refractivity contribution in [2.75, 3.05) is 0 Å². The third kappa shape index (κ3) is 2.39. The molecule has 1 aromatic carbocycles. The van der Waals surface area contributed by atoms with Gasteiger partial charge in [0.2, 0.25) is 5.91 Å². The highest BCUT2D eigenvalue weighted by Crippen LogP contribution is 2.55. The summed E-state index contributed by atoms with van der Waals surface area (Å²) in [6.07, 6.45) is 7.95. The Hall–Kier alpha value is -1.31. The summed E-state index contributed by atoms with van der Waals surface area (Å²) >= 11 is 0. The summed E-state index contributed by atoms with van der Waals surface area (Å²) in [4.78, 5) is 12.7. The third-order valence-electron chi connectivity index (χ3n) is 6.12. The SMILES string of the molecule is CC(C(=O)NC12CC3CC(CC(C3)C1)C2)c1ccccc1. The molecule has 0 radical (unpaired) electrons. The van der Waals surface area contributed by atoms with Gasteiger partial charge in [0.1, 0.15) is 0 Å². The van der Waals surface area contributed by atoms with Crippen LogP contribution >= 0.6 is 0 Å². The zero-order valence-corrected chi connectivity index (χ0v) is 12.8. The van der Waals surface area contributed by atoms with Gasteiger partial charge in [0.05, 0.1) is 5.92 Å². The first-order valence-corrected chi connectivity index (χ1v) is 8.50. The van der Waals surface area contributed by atoms with Crippen LogP contribution in [0.4, 0.5) is 0 Å². The molecule has 4 aliphatic rings. The molecule has 5 rings (SSSR count). The van der Waals surface area contributed by atoms with Gasteiger partial charge in [-0.25, -0.2) is 0 Å². The van der Waals surface area contributed by atoms with Crippen molar-refractivity contribution in [1.29, 1.82) is 0 Å². The maximum atomic E-state index is 12.7. The predicted octanol–water partition coefficient (Wildman–Crippen LogP) is 3.88. The lowest BCUT2D eigenvalue weighted by Gasteiger charge is -2.57. The smallest absolute Gasteiger partial charge is 0.227 e. The van der Waals surface area contributed by atoms with Crippen LogP contribution in [0.15, 0.2) is 30.3 Å². The standard InChI is InChI=1S/C19H25NO/c1-13(17-5-3-2-4-6-17)18(21)20-19-10-14-7-15(11-19)9-16(8-14)12-19/h2-6,13-16H,7-12H2,1H3,(H,20,21). The molecule has 0 aromatic heterocycles. The van der Waals surface area contributed by atoms with Crippen LogP contribution in [0.1, 0.15) is 56.9 Å². The largest absolute Gasteiger partial charge is 0.350 e. The average Bonchev–Trinajstić information content (AvgIpc) is 2.45. The van der Waals surface area contributed by atoms with E-state index < -0.39 is 0 Å². The first-order valence-electron chi connectivity index (χ1n) is 8.50. The van der Waals surface area contributed by atoms with Crippen molar-refractivity contribution in [2.45, 2.75) is 56.9 Å². The molecule has 2 heteroatoms. The van der Waals surface area contributed by atoms with E-state index in [1.807, 2.05) is 25.1 Å². The average molecular weight is 283 g/mol. The molecular formula is C19H25NO. The topological polar surface area (TPSA) is 29.1 Å². The molecule has 4 aliphatic carbocycles. The van der Waals surface area contributed by atoms with Crippen molar-refractivity contribution in [1.82, 2.24) is 5.32 Å². The molecule has 1 N–H and O–H groups in total. The third-order valence-corrected chi connectivity index (χ3v) is 6.12. The van der Waals surface area contributed by atoms with Crippen molar-refractivity contribution in [2.24, 2.45) is 17.8 Å². The normalized spacial score (nSPS) is 38.2. The lowest BCUT2D eigenvalue weighted by Crippen LogP contribution is -2.60. The van der Waals surface area contributed by atoms with Gasteiger partial charge in [-0.2, -0.15) is 0 Å². The van der Waals surface area contributed by atoms with E-state index in [4.69, 9.17) is 0 Å². The molecule has 21 heavy (non-hydrogen) atoms. The fourth-order valence-electron chi connectivity index (χ4n) is 5.53. The first kappa shape index (κ1) is 13.4. The minimum atomic E-state index is -0.0424. The van der Waals surface area contributed by atoms with Gasteiger partial charge in [-0.1, -0.05) is 30.3 Å². The second kappa shape index (κ2) is 4.86. The van der Waals surface area contributed by atoms with E-state index in [-0.39, 0.29) is 17.4 Å². The molecule has 1 amide bonds. The van der Waals surface area contributed by atoms with Gasteiger partial charge in [0, 0.05) is 5.54 Å². The number of carbonyl (C=O) groups is 1. The Morgan fingerprint density at radius 3 is 2.10 bits per heavy atom. The Bertz CT molecular complexity index is 500. The van der Waals surface area contributed by atoms with Gasteiger partial charge >= 0.3 is 0 Å². The highest BCUT2D eigenvalue weighted by atomic mass is 16.2. The molecule has 0 spiro atoms. The van der Waals surface area contributed by atoms with Gasteiger partial charge in [0.15, 0.2) is 0 Å². The summed E-state index contributed by atoms with van der Waals surface area (Å²) in [7, 11) is 0. The molecule has 1 aromatic rings. The highest BCUT2D eigenvalue weighted by molar-refractivity contribution is 5.84. The first-order chi connectivity index (χ1) is 10.1.